The van der Waals surface area contributed by atoms with E-state index in [1.165, 1.54) is 24.1 Å². The first-order valence-corrected chi connectivity index (χ1v) is 8.75. The average Bonchev–Trinajstić information content (AvgIpc) is 2.93. The Kier molecular flexibility index (Phi) is 6.47. The van der Waals surface area contributed by atoms with Crippen LogP contribution in [-0.2, 0) is 11.3 Å². The van der Waals surface area contributed by atoms with E-state index in [0.29, 0.717) is 11.0 Å². The largest absolute Gasteiger partial charge is 0.375 e. The highest BCUT2D eigenvalue weighted by molar-refractivity contribution is 7.15. The average molecular weight is 345 g/mol. The molecule has 0 radical (unpaired) electrons. The molecule has 0 bridgehead atoms. The maximum atomic E-state index is 12.5. The molecular weight excluding hydrogens is 320 g/mol. The number of hydrogen-bond donors (Lipinski definition) is 1. The fourth-order valence-corrected chi connectivity index (χ4v) is 4.05. The Balaban J connectivity index is 0.00000176. The molecule has 1 aromatic rings. The highest BCUT2D eigenvalue weighted by Crippen LogP contribution is 2.24. The monoisotopic (exact) mass is 344 g/mol. The van der Waals surface area contributed by atoms with Gasteiger partial charge in [0.15, 0.2) is 5.13 Å². The molecule has 3 heterocycles. The van der Waals surface area contributed by atoms with Gasteiger partial charge in [-0.15, -0.1) is 23.7 Å². The summed E-state index contributed by atoms with van der Waals surface area (Å²) in [7, 11) is 0. The zero-order valence-corrected chi connectivity index (χ0v) is 14.5. The lowest BCUT2D eigenvalue weighted by Crippen LogP contribution is -2.44. The molecule has 1 amide bonds. The molecule has 7 heteroatoms. The number of carbonyl (C=O) groups is 1. The summed E-state index contributed by atoms with van der Waals surface area (Å²) in [5.41, 5.74) is 5.67. The minimum atomic E-state index is 0. The second-order valence-electron chi connectivity index (χ2n) is 6.10. The van der Waals surface area contributed by atoms with E-state index in [0.717, 1.165) is 45.6 Å². The van der Waals surface area contributed by atoms with Gasteiger partial charge in [-0.3, -0.25) is 9.69 Å². The number of piperidine rings is 2. The normalized spacial score (nSPS) is 20.6. The summed E-state index contributed by atoms with van der Waals surface area (Å²) in [6.45, 7) is 4.86. The van der Waals surface area contributed by atoms with Crippen LogP contribution >= 0.6 is 23.7 Å². The molecule has 5 nitrogen and oxygen atoms in total. The van der Waals surface area contributed by atoms with Crippen molar-refractivity contribution < 1.29 is 4.79 Å². The molecule has 2 aliphatic rings. The zero-order valence-electron chi connectivity index (χ0n) is 12.9. The molecule has 2 saturated heterocycles. The molecule has 0 unspecified atom stereocenters. The lowest BCUT2D eigenvalue weighted by molar-refractivity contribution is -0.138. The van der Waals surface area contributed by atoms with Crippen LogP contribution in [0.2, 0.25) is 0 Å². The Morgan fingerprint density at radius 2 is 1.91 bits per heavy atom. The minimum Gasteiger partial charge on any atom is -0.375 e. The summed E-state index contributed by atoms with van der Waals surface area (Å²) in [5, 5.41) is 0.639. The molecule has 3 rings (SSSR count). The van der Waals surface area contributed by atoms with E-state index in [2.05, 4.69) is 14.8 Å². The van der Waals surface area contributed by atoms with Gasteiger partial charge in [0.1, 0.15) is 0 Å². The van der Waals surface area contributed by atoms with Gasteiger partial charge in [-0.25, -0.2) is 4.98 Å². The van der Waals surface area contributed by atoms with Crippen LogP contribution in [0.5, 0.6) is 0 Å². The van der Waals surface area contributed by atoms with Crippen LogP contribution in [-0.4, -0.2) is 46.9 Å². The van der Waals surface area contributed by atoms with Gasteiger partial charge in [0, 0.05) is 36.6 Å². The van der Waals surface area contributed by atoms with Gasteiger partial charge in [0.2, 0.25) is 5.91 Å². The summed E-state index contributed by atoms with van der Waals surface area (Å²) in [4.78, 5) is 22.3. The van der Waals surface area contributed by atoms with Crippen molar-refractivity contribution in [2.24, 2.45) is 5.92 Å². The summed E-state index contributed by atoms with van der Waals surface area (Å²) in [6, 6.07) is 0. The predicted octanol–water partition coefficient (Wildman–Crippen LogP) is 2.37. The Labute approximate surface area is 142 Å². The van der Waals surface area contributed by atoms with E-state index < -0.39 is 0 Å². The van der Waals surface area contributed by atoms with Crippen molar-refractivity contribution in [2.75, 3.05) is 31.9 Å². The van der Waals surface area contributed by atoms with Crippen molar-refractivity contribution in [3.8, 4) is 0 Å². The third-order valence-electron chi connectivity index (χ3n) is 4.56. The smallest absolute Gasteiger partial charge is 0.225 e. The highest BCUT2D eigenvalue weighted by atomic mass is 35.5. The number of halogens is 1. The van der Waals surface area contributed by atoms with Crippen molar-refractivity contribution in [2.45, 2.75) is 38.6 Å². The highest BCUT2D eigenvalue weighted by Gasteiger charge is 2.29. The van der Waals surface area contributed by atoms with Crippen LogP contribution in [0.3, 0.4) is 0 Å². The number of nitrogen functional groups attached to an aromatic ring is 1. The Morgan fingerprint density at radius 1 is 1.23 bits per heavy atom. The van der Waals surface area contributed by atoms with Gasteiger partial charge in [-0.2, -0.15) is 0 Å². The zero-order chi connectivity index (χ0) is 14.7. The molecule has 0 aromatic carbocycles. The second-order valence-corrected chi connectivity index (χ2v) is 7.25. The van der Waals surface area contributed by atoms with Crippen LogP contribution in [0.4, 0.5) is 5.13 Å². The maximum Gasteiger partial charge on any atom is 0.225 e. The number of carbonyl (C=O) groups excluding carboxylic acids is 1. The van der Waals surface area contributed by atoms with Crippen LogP contribution in [0.25, 0.3) is 0 Å². The molecule has 0 saturated carbocycles. The molecule has 22 heavy (non-hydrogen) atoms. The first-order valence-electron chi connectivity index (χ1n) is 7.93. The lowest BCUT2D eigenvalue weighted by Gasteiger charge is -2.35. The van der Waals surface area contributed by atoms with Crippen molar-refractivity contribution in [1.29, 1.82) is 0 Å². The van der Waals surface area contributed by atoms with E-state index in [1.54, 1.807) is 11.3 Å². The molecule has 2 fully saturated rings. The number of likely N-dealkylation sites (tertiary alicyclic amines) is 2. The molecule has 124 valence electrons. The lowest BCUT2D eigenvalue weighted by atomic mass is 9.94. The SMILES string of the molecule is Cl.Nc1ncc(CN2CCC(C(=O)N3CCCCC3)CC2)s1. The van der Waals surface area contributed by atoms with Crippen molar-refractivity contribution in [3.63, 3.8) is 0 Å². The van der Waals surface area contributed by atoms with Crippen molar-refractivity contribution in [1.82, 2.24) is 14.8 Å². The number of nitrogens with two attached hydrogens (primary N) is 1. The topological polar surface area (TPSA) is 62.5 Å². The summed E-state index contributed by atoms with van der Waals surface area (Å²) >= 11 is 1.56. The van der Waals surface area contributed by atoms with Gasteiger partial charge in [-0.1, -0.05) is 0 Å². The minimum absolute atomic E-state index is 0. The third-order valence-corrected chi connectivity index (χ3v) is 5.37. The molecule has 2 N–H and O–H groups in total. The number of hydrogen-bond acceptors (Lipinski definition) is 5. The van der Waals surface area contributed by atoms with Crippen LogP contribution in [0.1, 0.15) is 37.0 Å². The summed E-state index contributed by atoms with van der Waals surface area (Å²) in [5.74, 6) is 0.641. The number of thiazole rings is 1. The quantitative estimate of drug-likeness (QED) is 0.914. The van der Waals surface area contributed by atoms with E-state index in [-0.39, 0.29) is 18.3 Å². The van der Waals surface area contributed by atoms with Crippen LogP contribution in [0, 0.1) is 5.92 Å². The van der Waals surface area contributed by atoms with E-state index >= 15 is 0 Å². The van der Waals surface area contributed by atoms with Gasteiger partial charge >= 0.3 is 0 Å². The Hall–Kier alpha value is -0.850. The number of amides is 1. The van der Waals surface area contributed by atoms with Gasteiger partial charge in [0.25, 0.3) is 0 Å². The Bertz CT molecular complexity index is 482. The third kappa shape index (κ3) is 4.33. The maximum absolute atomic E-state index is 12.5. The van der Waals surface area contributed by atoms with Gasteiger partial charge in [-0.05, 0) is 45.2 Å². The van der Waals surface area contributed by atoms with Gasteiger partial charge < -0.3 is 10.6 Å². The van der Waals surface area contributed by atoms with Crippen LogP contribution < -0.4 is 5.73 Å². The van der Waals surface area contributed by atoms with Crippen molar-refractivity contribution in [3.05, 3.63) is 11.1 Å². The molecule has 0 aliphatic carbocycles. The predicted molar refractivity (Wildman–Crippen MR) is 92.2 cm³/mol. The molecule has 1 aromatic heterocycles. The van der Waals surface area contributed by atoms with Crippen molar-refractivity contribution >= 4 is 34.8 Å². The fraction of sp³-hybridized carbons (Fsp3) is 0.733. The van der Waals surface area contributed by atoms with E-state index in [9.17, 15) is 4.79 Å². The van der Waals surface area contributed by atoms with Gasteiger partial charge in [0.05, 0.1) is 0 Å². The molecule has 0 spiro atoms. The second kappa shape index (κ2) is 8.13. The summed E-state index contributed by atoms with van der Waals surface area (Å²) < 4.78 is 0. The fourth-order valence-electron chi connectivity index (χ4n) is 3.33. The summed E-state index contributed by atoms with van der Waals surface area (Å²) in [6.07, 6.45) is 7.48. The Morgan fingerprint density at radius 3 is 2.50 bits per heavy atom. The molecular formula is C15H25ClN4OS. The van der Waals surface area contributed by atoms with E-state index in [4.69, 9.17) is 5.73 Å². The standard InChI is InChI=1S/C15H24N4OS.ClH/c16-15-17-10-13(21-15)11-18-8-4-12(5-9-18)14(20)19-6-2-1-3-7-19;/h10,12H,1-9,11H2,(H2,16,17);1H. The molecule has 0 atom stereocenters. The number of nitrogens with zero attached hydrogens (tertiary/aromatic N) is 3. The number of rotatable bonds is 3. The number of anilines is 1. The first kappa shape index (κ1) is 17.5. The van der Waals surface area contributed by atoms with E-state index in [1.807, 2.05) is 6.20 Å². The number of aromatic nitrogens is 1. The first-order chi connectivity index (χ1) is 10.2. The van der Waals surface area contributed by atoms with Crippen LogP contribution in [0.15, 0.2) is 6.20 Å². The molecule has 2 aliphatic heterocycles.